The maximum absolute atomic E-state index is 12.7. The van der Waals surface area contributed by atoms with Gasteiger partial charge in [0.25, 0.3) is 0 Å². The average Bonchev–Trinajstić information content (AvgIpc) is 2.50. The number of hydrogen-bond donors (Lipinski definition) is 1. The topological polar surface area (TPSA) is 35.2 Å². The van der Waals surface area contributed by atoms with Crippen molar-refractivity contribution in [3.05, 3.63) is 0 Å². The molecule has 2 N–H and O–H groups in total. The van der Waals surface area contributed by atoms with Crippen LogP contribution in [0.1, 0.15) is 32.1 Å². The van der Waals surface area contributed by atoms with Crippen molar-refractivity contribution in [2.75, 3.05) is 13.2 Å². The predicted octanol–water partition coefficient (Wildman–Crippen LogP) is 2.81. The van der Waals surface area contributed by atoms with Crippen LogP contribution in [-0.2, 0) is 4.74 Å². The summed E-state index contributed by atoms with van der Waals surface area (Å²) in [5.41, 5.74) is 5.55. The van der Waals surface area contributed by atoms with Crippen LogP contribution in [0.2, 0.25) is 0 Å². The zero-order chi connectivity index (χ0) is 12.9. The molecular weight excluding hydrogens is 238 g/mol. The highest BCUT2D eigenvalue weighted by atomic mass is 19.3. The second-order valence-electron chi connectivity index (χ2n) is 4.54. The van der Waals surface area contributed by atoms with Crippen molar-refractivity contribution in [3.63, 3.8) is 0 Å². The quantitative estimate of drug-likeness (QED) is 0.607. The third kappa shape index (κ3) is 4.43. The van der Waals surface area contributed by atoms with Crippen LogP contribution < -0.4 is 5.73 Å². The van der Waals surface area contributed by atoms with Crippen molar-refractivity contribution in [1.29, 1.82) is 0 Å². The Morgan fingerprint density at radius 3 is 2.41 bits per heavy atom. The fourth-order valence-electron chi connectivity index (χ4n) is 2.12. The molecule has 0 heterocycles. The molecule has 0 aliphatic heterocycles. The summed E-state index contributed by atoms with van der Waals surface area (Å²) in [4.78, 5) is 0. The Bertz CT molecular complexity index is 226. The molecule has 0 radical (unpaired) electrons. The molecule has 0 spiro atoms. The smallest absolute Gasteiger partial charge is 0.330 e. The summed E-state index contributed by atoms with van der Waals surface area (Å²) in [6, 6.07) is 0. The molecule has 0 bridgehead atoms. The van der Waals surface area contributed by atoms with E-state index in [1.165, 1.54) is 0 Å². The van der Waals surface area contributed by atoms with E-state index in [4.69, 9.17) is 10.5 Å². The number of ether oxygens (including phenoxy) is 1. The molecule has 0 aromatic carbocycles. The summed E-state index contributed by atoms with van der Waals surface area (Å²) in [5, 5.41) is 0. The van der Waals surface area contributed by atoms with E-state index in [9.17, 15) is 17.6 Å². The number of rotatable bonds is 5. The fraction of sp³-hybridized carbons (Fsp3) is 1.00. The molecule has 2 unspecified atom stereocenters. The normalized spacial score (nSPS) is 27.2. The minimum Gasteiger partial charge on any atom is -0.371 e. The van der Waals surface area contributed by atoms with Gasteiger partial charge in [-0.05, 0) is 25.3 Å². The van der Waals surface area contributed by atoms with E-state index in [1.54, 1.807) is 0 Å². The largest absolute Gasteiger partial charge is 0.371 e. The lowest BCUT2D eigenvalue weighted by molar-refractivity contribution is -0.181. The fourth-order valence-corrected chi connectivity index (χ4v) is 2.12. The van der Waals surface area contributed by atoms with Crippen molar-refractivity contribution >= 4 is 0 Å². The van der Waals surface area contributed by atoms with Gasteiger partial charge >= 0.3 is 12.3 Å². The van der Waals surface area contributed by atoms with Crippen LogP contribution in [0.4, 0.5) is 17.6 Å². The summed E-state index contributed by atoms with van der Waals surface area (Å²) in [7, 11) is 0. The van der Waals surface area contributed by atoms with Crippen LogP contribution in [0.3, 0.4) is 0 Å². The van der Waals surface area contributed by atoms with Crippen molar-refractivity contribution in [3.8, 4) is 0 Å². The van der Waals surface area contributed by atoms with Gasteiger partial charge in [0, 0.05) is 0 Å². The Labute approximate surface area is 98.5 Å². The lowest BCUT2D eigenvalue weighted by atomic mass is 9.97. The number of alkyl halides is 4. The van der Waals surface area contributed by atoms with Gasteiger partial charge in [0.15, 0.2) is 0 Å². The molecule has 0 amide bonds. The molecule has 0 aromatic rings. The summed E-state index contributed by atoms with van der Waals surface area (Å²) >= 11 is 0. The molecule has 1 rings (SSSR count). The number of halogens is 4. The van der Waals surface area contributed by atoms with Gasteiger partial charge in [-0.15, -0.1) is 0 Å². The van der Waals surface area contributed by atoms with Gasteiger partial charge in [-0.1, -0.05) is 19.3 Å². The van der Waals surface area contributed by atoms with Crippen LogP contribution in [-0.4, -0.2) is 31.6 Å². The van der Waals surface area contributed by atoms with Crippen LogP contribution in [0, 0.1) is 5.92 Å². The highest BCUT2D eigenvalue weighted by Gasteiger charge is 2.42. The first-order chi connectivity index (χ1) is 7.97. The van der Waals surface area contributed by atoms with E-state index in [1.807, 2.05) is 0 Å². The highest BCUT2D eigenvalue weighted by Crippen LogP contribution is 2.29. The van der Waals surface area contributed by atoms with E-state index < -0.39 is 25.1 Å². The first-order valence-electron chi connectivity index (χ1n) is 5.95. The Balaban J connectivity index is 2.47. The van der Waals surface area contributed by atoms with Crippen molar-refractivity contribution in [2.24, 2.45) is 11.7 Å². The predicted molar refractivity (Wildman–Crippen MR) is 56.3 cm³/mol. The zero-order valence-electron chi connectivity index (χ0n) is 9.68. The number of hydrogen-bond acceptors (Lipinski definition) is 2. The van der Waals surface area contributed by atoms with Crippen molar-refractivity contribution < 1.29 is 22.3 Å². The van der Waals surface area contributed by atoms with Crippen LogP contribution in [0.15, 0.2) is 0 Å². The second kappa shape index (κ2) is 6.54. The molecule has 1 saturated carbocycles. The molecule has 0 aromatic heterocycles. The Morgan fingerprint density at radius 1 is 1.18 bits per heavy atom. The maximum atomic E-state index is 12.7. The molecule has 17 heavy (non-hydrogen) atoms. The van der Waals surface area contributed by atoms with Gasteiger partial charge in [-0.2, -0.15) is 8.78 Å². The van der Waals surface area contributed by atoms with Gasteiger partial charge in [0.1, 0.15) is 6.61 Å². The lowest BCUT2D eigenvalue weighted by Gasteiger charge is -2.26. The third-order valence-corrected chi connectivity index (χ3v) is 3.20. The first-order valence-corrected chi connectivity index (χ1v) is 5.95. The van der Waals surface area contributed by atoms with Crippen LogP contribution >= 0.6 is 0 Å². The Hall–Kier alpha value is -0.360. The summed E-state index contributed by atoms with van der Waals surface area (Å²) in [6.45, 7) is -0.864. The van der Waals surface area contributed by atoms with Gasteiger partial charge in [-0.25, -0.2) is 8.78 Å². The lowest BCUT2D eigenvalue weighted by Crippen LogP contribution is -2.37. The molecule has 1 fully saturated rings. The standard InChI is InChI=1S/C11H19F4NO/c12-10(13)11(14,15)7-17-9-5-3-1-2-4-8(9)6-16/h8-10H,1-7,16H2. The van der Waals surface area contributed by atoms with Crippen molar-refractivity contribution in [2.45, 2.75) is 50.6 Å². The zero-order valence-corrected chi connectivity index (χ0v) is 9.68. The molecule has 6 heteroatoms. The van der Waals surface area contributed by atoms with E-state index in [2.05, 4.69) is 0 Å². The monoisotopic (exact) mass is 257 g/mol. The van der Waals surface area contributed by atoms with Crippen molar-refractivity contribution in [1.82, 2.24) is 0 Å². The molecular formula is C11H19F4NO. The Kier molecular flexibility index (Phi) is 5.66. The molecule has 2 nitrogen and oxygen atoms in total. The van der Waals surface area contributed by atoms with Gasteiger partial charge in [0.2, 0.25) is 0 Å². The minimum atomic E-state index is -4.06. The van der Waals surface area contributed by atoms with Gasteiger partial charge in [-0.3, -0.25) is 0 Å². The molecule has 1 aliphatic rings. The highest BCUT2D eigenvalue weighted by molar-refractivity contribution is 4.77. The van der Waals surface area contributed by atoms with E-state index in [0.717, 1.165) is 25.7 Å². The molecule has 1 aliphatic carbocycles. The molecule has 102 valence electrons. The number of nitrogens with two attached hydrogens (primary N) is 1. The summed E-state index contributed by atoms with van der Waals surface area (Å²) in [5.74, 6) is -4.06. The van der Waals surface area contributed by atoms with Crippen LogP contribution in [0.5, 0.6) is 0 Å². The summed E-state index contributed by atoms with van der Waals surface area (Å²) < 4.78 is 54.4. The van der Waals surface area contributed by atoms with E-state index in [0.29, 0.717) is 13.0 Å². The van der Waals surface area contributed by atoms with Gasteiger partial charge < -0.3 is 10.5 Å². The molecule has 0 saturated heterocycles. The van der Waals surface area contributed by atoms with Crippen LogP contribution in [0.25, 0.3) is 0 Å². The Morgan fingerprint density at radius 2 is 1.82 bits per heavy atom. The third-order valence-electron chi connectivity index (χ3n) is 3.20. The van der Waals surface area contributed by atoms with E-state index >= 15 is 0 Å². The molecule has 2 atom stereocenters. The first kappa shape index (κ1) is 14.7. The van der Waals surface area contributed by atoms with E-state index in [-0.39, 0.29) is 5.92 Å². The SMILES string of the molecule is NCC1CCCCCC1OCC(F)(F)C(F)F. The minimum absolute atomic E-state index is 0.00553. The summed E-state index contributed by atoms with van der Waals surface area (Å²) in [6.07, 6.45) is 0.246. The second-order valence-corrected chi connectivity index (χ2v) is 4.54. The average molecular weight is 257 g/mol. The van der Waals surface area contributed by atoms with Gasteiger partial charge in [0.05, 0.1) is 6.10 Å². The maximum Gasteiger partial charge on any atom is 0.330 e.